The zero-order valence-electron chi connectivity index (χ0n) is 28.9. The molecule has 3 heterocycles. The van der Waals surface area contributed by atoms with E-state index in [0.29, 0.717) is 35.9 Å². The summed E-state index contributed by atoms with van der Waals surface area (Å²) in [5.41, 5.74) is 13.3. The maximum absolute atomic E-state index is 14.3. The summed E-state index contributed by atoms with van der Waals surface area (Å²) >= 11 is 8.64. The van der Waals surface area contributed by atoms with E-state index >= 15 is 0 Å². The molecule has 2 N–H and O–H groups in total. The largest absolute Gasteiger partial charge is 0.497 e. The molecular formula is C40H40ClFN4O4S. The number of nitrogens with zero attached hydrogens (tertiary/aromatic N) is 3. The van der Waals surface area contributed by atoms with E-state index in [1.165, 1.54) is 12.1 Å². The molecule has 0 bridgehead atoms. The number of aryl methyl sites for hydroxylation is 3. The van der Waals surface area contributed by atoms with Crippen molar-refractivity contribution >= 4 is 51.0 Å². The highest BCUT2D eigenvalue weighted by atomic mass is 35.5. The molecule has 6 aromatic rings. The third-order valence-corrected chi connectivity index (χ3v) is 10.8. The first-order valence-electron chi connectivity index (χ1n) is 17.2. The Morgan fingerprint density at radius 3 is 2.63 bits per heavy atom. The Morgan fingerprint density at radius 1 is 1.06 bits per heavy atom. The highest BCUT2D eigenvalue weighted by molar-refractivity contribution is 7.98. The standard InChI is InChI=1S/C40H40ClFN4O4S/c1-4-49-40(47)39-30(31-15-16-32(41)36(38(31)45(39)2)37-33(22-43)44-46-17-5-8-34(37)46)7-6-18-50-35-21-28(20-25-19-26(42)11-14-29(25)35)51-23-24-9-12-27(48-3)13-10-24/h9-16,19-21H,4-8,17-18,22-23,43H2,1-3H3. The number of carbonyl (C=O) groups excluding carboxylic acids is 1. The molecule has 0 atom stereocenters. The van der Waals surface area contributed by atoms with E-state index in [9.17, 15) is 9.18 Å². The van der Waals surface area contributed by atoms with Gasteiger partial charge < -0.3 is 24.5 Å². The summed E-state index contributed by atoms with van der Waals surface area (Å²) in [5, 5.41) is 7.93. The lowest BCUT2D eigenvalue weighted by molar-refractivity contribution is 0.0514. The summed E-state index contributed by atoms with van der Waals surface area (Å²) in [5.74, 6) is 1.55. The van der Waals surface area contributed by atoms with Gasteiger partial charge in [-0.15, -0.1) is 11.8 Å². The van der Waals surface area contributed by atoms with Crippen molar-refractivity contribution in [1.82, 2.24) is 14.3 Å². The van der Waals surface area contributed by atoms with E-state index in [0.717, 1.165) is 91.1 Å². The lowest BCUT2D eigenvalue weighted by atomic mass is 9.97. The van der Waals surface area contributed by atoms with Crippen molar-refractivity contribution in [2.24, 2.45) is 12.8 Å². The summed E-state index contributed by atoms with van der Waals surface area (Å²) in [6.45, 7) is 3.57. The van der Waals surface area contributed by atoms with Crippen molar-refractivity contribution in [3.63, 3.8) is 0 Å². The number of benzene rings is 4. The van der Waals surface area contributed by atoms with Crippen molar-refractivity contribution in [3.05, 3.63) is 106 Å². The van der Waals surface area contributed by atoms with Crippen LogP contribution < -0.4 is 15.2 Å². The fraction of sp³-hybridized carbons (Fsp3) is 0.300. The second-order valence-electron chi connectivity index (χ2n) is 12.6. The highest BCUT2D eigenvalue weighted by Gasteiger charge is 2.30. The Morgan fingerprint density at radius 2 is 1.86 bits per heavy atom. The molecule has 51 heavy (non-hydrogen) atoms. The highest BCUT2D eigenvalue weighted by Crippen LogP contribution is 2.43. The zero-order chi connectivity index (χ0) is 35.6. The average Bonchev–Trinajstić information content (AvgIpc) is 3.81. The third-order valence-electron chi connectivity index (χ3n) is 9.48. The molecule has 0 radical (unpaired) electrons. The van der Waals surface area contributed by atoms with Gasteiger partial charge in [0, 0.05) is 58.4 Å². The van der Waals surface area contributed by atoms with Crippen molar-refractivity contribution < 1.29 is 23.4 Å². The summed E-state index contributed by atoms with van der Waals surface area (Å²) in [6, 6.07) is 20.6. The maximum atomic E-state index is 14.3. The van der Waals surface area contributed by atoms with Gasteiger partial charge in [-0.3, -0.25) is 4.68 Å². The molecule has 1 aliphatic rings. The Bertz CT molecular complexity index is 2250. The number of esters is 1. The van der Waals surface area contributed by atoms with E-state index in [1.807, 2.05) is 64.8 Å². The average molecular weight is 727 g/mol. The van der Waals surface area contributed by atoms with Gasteiger partial charge >= 0.3 is 5.97 Å². The van der Waals surface area contributed by atoms with Crippen LogP contribution in [0.5, 0.6) is 11.5 Å². The molecule has 11 heteroatoms. The normalized spacial score (nSPS) is 12.5. The first-order valence-corrected chi connectivity index (χ1v) is 18.5. The molecule has 0 spiro atoms. The van der Waals surface area contributed by atoms with Gasteiger partial charge in [-0.2, -0.15) is 5.10 Å². The number of rotatable bonds is 13. The fourth-order valence-corrected chi connectivity index (χ4v) is 8.34. The lowest BCUT2D eigenvalue weighted by Gasteiger charge is -2.13. The number of carbonyl (C=O) groups is 1. The van der Waals surface area contributed by atoms with E-state index < -0.39 is 0 Å². The minimum absolute atomic E-state index is 0.255. The second-order valence-corrected chi connectivity index (χ2v) is 14.1. The Kier molecular flexibility index (Phi) is 10.3. The van der Waals surface area contributed by atoms with Crippen LogP contribution >= 0.6 is 23.4 Å². The number of fused-ring (bicyclic) bond motifs is 3. The predicted molar refractivity (Wildman–Crippen MR) is 202 cm³/mol. The van der Waals surface area contributed by atoms with E-state index in [-0.39, 0.29) is 24.9 Å². The summed E-state index contributed by atoms with van der Waals surface area (Å²) in [6.07, 6.45) is 3.07. The number of hydrogen-bond acceptors (Lipinski definition) is 7. The summed E-state index contributed by atoms with van der Waals surface area (Å²) in [4.78, 5) is 14.5. The minimum atomic E-state index is -0.386. The van der Waals surface area contributed by atoms with Crippen LogP contribution in [0.25, 0.3) is 32.8 Å². The number of hydrogen-bond donors (Lipinski definition) is 1. The fourth-order valence-electron chi connectivity index (χ4n) is 7.17. The number of thioether (sulfide) groups is 1. The molecule has 0 unspecified atom stereocenters. The van der Waals surface area contributed by atoms with Gasteiger partial charge in [0.15, 0.2) is 0 Å². The monoisotopic (exact) mass is 726 g/mol. The molecule has 8 nitrogen and oxygen atoms in total. The molecule has 7 rings (SSSR count). The van der Waals surface area contributed by atoms with Gasteiger partial charge in [0.05, 0.1) is 36.6 Å². The van der Waals surface area contributed by atoms with Crippen LogP contribution in [0.4, 0.5) is 4.39 Å². The van der Waals surface area contributed by atoms with Crippen molar-refractivity contribution in [3.8, 4) is 22.6 Å². The van der Waals surface area contributed by atoms with Gasteiger partial charge in [0.1, 0.15) is 23.0 Å². The number of nitrogens with two attached hydrogens (primary N) is 1. The van der Waals surface area contributed by atoms with Crippen LogP contribution in [0.15, 0.2) is 71.6 Å². The predicted octanol–water partition coefficient (Wildman–Crippen LogP) is 8.88. The molecule has 0 aliphatic carbocycles. The minimum Gasteiger partial charge on any atom is -0.497 e. The number of ether oxygens (including phenoxy) is 3. The van der Waals surface area contributed by atoms with Crippen molar-refractivity contribution in [2.45, 2.75) is 56.3 Å². The molecule has 2 aromatic heterocycles. The molecule has 0 saturated carbocycles. The second kappa shape index (κ2) is 15.0. The lowest BCUT2D eigenvalue weighted by Crippen LogP contribution is -2.13. The van der Waals surface area contributed by atoms with Gasteiger partial charge in [-0.1, -0.05) is 29.8 Å². The summed E-state index contributed by atoms with van der Waals surface area (Å²) in [7, 11) is 3.54. The van der Waals surface area contributed by atoms with Gasteiger partial charge in [-0.25, -0.2) is 9.18 Å². The van der Waals surface area contributed by atoms with E-state index in [4.69, 9.17) is 36.6 Å². The molecule has 4 aromatic carbocycles. The van der Waals surface area contributed by atoms with Crippen LogP contribution in [0.1, 0.15) is 52.8 Å². The quantitative estimate of drug-likeness (QED) is 0.0722. The Hall–Kier alpha value is -4.51. The Balaban J connectivity index is 1.18. The van der Waals surface area contributed by atoms with Crippen molar-refractivity contribution in [1.29, 1.82) is 0 Å². The van der Waals surface area contributed by atoms with Gasteiger partial charge in [-0.05, 0) is 97.7 Å². The molecule has 264 valence electrons. The molecule has 0 fully saturated rings. The SMILES string of the molecule is CCOC(=O)c1c(CCCOc2cc(SCc3ccc(OC)cc3)cc3cc(F)ccc23)c2ccc(Cl)c(-c3c(CN)nn4c3CCC4)c2n1C. The number of aromatic nitrogens is 3. The smallest absolute Gasteiger partial charge is 0.355 e. The zero-order valence-corrected chi connectivity index (χ0v) is 30.5. The first kappa shape index (κ1) is 34.9. The molecule has 1 aliphatic heterocycles. The van der Waals surface area contributed by atoms with E-state index in [1.54, 1.807) is 31.9 Å². The van der Waals surface area contributed by atoms with Crippen LogP contribution in [-0.4, -0.2) is 40.6 Å². The number of halogens is 2. The van der Waals surface area contributed by atoms with Gasteiger partial charge in [0.25, 0.3) is 0 Å². The number of methoxy groups -OCH3 is 1. The van der Waals surface area contributed by atoms with Crippen LogP contribution in [0.2, 0.25) is 5.02 Å². The van der Waals surface area contributed by atoms with Crippen LogP contribution in [0, 0.1) is 5.82 Å². The third kappa shape index (κ3) is 6.80. The maximum Gasteiger partial charge on any atom is 0.355 e. The van der Waals surface area contributed by atoms with Gasteiger partial charge in [0.2, 0.25) is 0 Å². The van der Waals surface area contributed by atoms with E-state index in [2.05, 4.69) is 0 Å². The topological polar surface area (TPSA) is 93.5 Å². The Labute approximate surface area is 305 Å². The molecule has 0 saturated heterocycles. The molecular weight excluding hydrogens is 687 g/mol. The van der Waals surface area contributed by atoms with Crippen molar-refractivity contribution in [2.75, 3.05) is 20.3 Å². The summed E-state index contributed by atoms with van der Waals surface area (Å²) < 4.78 is 35.6. The van der Waals surface area contributed by atoms with Crippen LogP contribution in [-0.2, 0) is 43.5 Å². The van der Waals surface area contributed by atoms with Crippen LogP contribution in [0.3, 0.4) is 0 Å². The first-order chi connectivity index (χ1) is 24.8. The molecule has 0 amide bonds.